The van der Waals surface area contributed by atoms with Crippen LogP contribution in [-0.4, -0.2) is 11.3 Å². The number of benzene rings is 2. The minimum absolute atomic E-state index is 0.0370. The molecule has 0 aliphatic rings. The number of hydrogen-bond acceptors (Lipinski definition) is 1. The third-order valence-corrected chi connectivity index (χ3v) is 2.86. The van der Waals surface area contributed by atoms with Crippen LogP contribution in [0.15, 0.2) is 66.7 Å². The van der Waals surface area contributed by atoms with E-state index in [-0.39, 0.29) is 5.56 Å². The summed E-state index contributed by atoms with van der Waals surface area (Å²) in [5.74, 6) is 0. The molecule has 2 aromatic rings. The number of hydrogen-bond donors (Lipinski definition) is 1. The first-order valence-corrected chi connectivity index (χ1v) is 6.06. The molecule has 0 heterocycles. The van der Waals surface area contributed by atoms with E-state index in [4.69, 9.17) is 0 Å². The number of rotatable bonds is 3. The molecule has 4 heteroatoms. The Bertz CT molecular complexity index is 574. The maximum Gasteiger partial charge on any atom is 0.416 e. The summed E-state index contributed by atoms with van der Waals surface area (Å²) in [5.41, 5.74) is -0.380. The van der Waals surface area contributed by atoms with Crippen LogP contribution >= 0.6 is 0 Å². The van der Waals surface area contributed by atoms with Gasteiger partial charge in [0.05, 0.1) is 11.7 Å². The van der Waals surface area contributed by atoms with Gasteiger partial charge in [-0.1, -0.05) is 60.7 Å². The lowest BCUT2D eigenvalue weighted by Crippen LogP contribution is -2.12. The highest BCUT2D eigenvalue weighted by Crippen LogP contribution is 2.35. The first-order chi connectivity index (χ1) is 9.48. The summed E-state index contributed by atoms with van der Waals surface area (Å²) in [7, 11) is 0. The molecule has 0 aliphatic carbocycles. The molecule has 0 bridgehead atoms. The van der Waals surface area contributed by atoms with E-state index in [1.807, 2.05) is 0 Å². The van der Waals surface area contributed by atoms with Crippen LogP contribution in [0.4, 0.5) is 13.2 Å². The molecule has 1 N–H and O–H groups in total. The van der Waals surface area contributed by atoms with E-state index in [0.29, 0.717) is 5.56 Å². The quantitative estimate of drug-likeness (QED) is 0.884. The fraction of sp³-hybridized carbons (Fsp3) is 0.125. The number of aliphatic hydroxyl groups excluding tert-OH is 1. The molecule has 0 spiro atoms. The highest BCUT2D eigenvalue weighted by atomic mass is 19.4. The SMILES string of the molecule is OC(/C=C(/c1ccccc1)C(F)(F)F)c1ccccc1. The van der Waals surface area contributed by atoms with Crippen LogP contribution in [0.25, 0.3) is 5.57 Å². The molecule has 0 fully saturated rings. The molecule has 1 atom stereocenters. The van der Waals surface area contributed by atoms with Crippen LogP contribution < -0.4 is 0 Å². The van der Waals surface area contributed by atoms with Gasteiger partial charge >= 0.3 is 6.18 Å². The molecule has 20 heavy (non-hydrogen) atoms. The molecule has 0 saturated heterocycles. The van der Waals surface area contributed by atoms with Crippen LogP contribution in [0.1, 0.15) is 17.2 Å². The lowest BCUT2D eigenvalue weighted by molar-refractivity contribution is -0.0695. The zero-order valence-corrected chi connectivity index (χ0v) is 10.5. The average molecular weight is 278 g/mol. The van der Waals surface area contributed by atoms with Crippen molar-refractivity contribution in [3.8, 4) is 0 Å². The second-order valence-corrected chi connectivity index (χ2v) is 4.30. The van der Waals surface area contributed by atoms with Gasteiger partial charge in [-0.2, -0.15) is 13.2 Å². The number of allylic oxidation sites excluding steroid dienone is 1. The van der Waals surface area contributed by atoms with Gasteiger partial charge in [0.15, 0.2) is 0 Å². The van der Waals surface area contributed by atoms with Gasteiger partial charge < -0.3 is 5.11 Å². The molecular weight excluding hydrogens is 265 g/mol. The highest BCUT2D eigenvalue weighted by molar-refractivity contribution is 5.70. The summed E-state index contributed by atoms with van der Waals surface area (Å²) in [6.07, 6.45) is -4.98. The summed E-state index contributed by atoms with van der Waals surface area (Å²) >= 11 is 0. The van der Waals surface area contributed by atoms with Gasteiger partial charge in [-0.15, -0.1) is 0 Å². The molecule has 1 nitrogen and oxygen atoms in total. The van der Waals surface area contributed by atoms with E-state index in [2.05, 4.69) is 0 Å². The molecule has 2 rings (SSSR count). The zero-order valence-electron chi connectivity index (χ0n) is 10.5. The van der Waals surface area contributed by atoms with Gasteiger partial charge in [-0.05, 0) is 17.2 Å². The number of alkyl halides is 3. The monoisotopic (exact) mass is 278 g/mol. The van der Waals surface area contributed by atoms with Crippen molar-refractivity contribution in [2.24, 2.45) is 0 Å². The van der Waals surface area contributed by atoms with E-state index < -0.39 is 17.9 Å². The Morgan fingerprint density at radius 1 is 0.900 bits per heavy atom. The lowest BCUT2D eigenvalue weighted by atomic mass is 10.0. The van der Waals surface area contributed by atoms with Crippen molar-refractivity contribution in [2.45, 2.75) is 12.3 Å². The van der Waals surface area contributed by atoms with Crippen molar-refractivity contribution < 1.29 is 18.3 Å². The summed E-state index contributed by atoms with van der Waals surface area (Å²) in [6.45, 7) is 0. The summed E-state index contributed by atoms with van der Waals surface area (Å²) in [5, 5.41) is 9.94. The number of aliphatic hydroxyl groups is 1. The van der Waals surface area contributed by atoms with Gasteiger partial charge in [0.1, 0.15) is 0 Å². The van der Waals surface area contributed by atoms with Crippen molar-refractivity contribution in [1.29, 1.82) is 0 Å². The summed E-state index contributed by atoms with van der Waals surface area (Å²) < 4.78 is 39.3. The van der Waals surface area contributed by atoms with Gasteiger partial charge in [0, 0.05) is 0 Å². The van der Waals surface area contributed by atoms with E-state index in [1.165, 1.54) is 24.3 Å². The van der Waals surface area contributed by atoms with Gasteiger partial charge in [0.25, 0.3) is 0 Å². The predicted molar refractivity (Wildman–Crippen MR) is 71.9 cm³/mol. The smallest absolute Gasteiger partial charge is 0.384 e. The fourth-order valence-corrected chi connectivity index (χ4v) is 1.88. The van der Waals surface area contributed by atoms with Crippen LogP contribution in [0.2, 0.25) is 0 Å². The van der Waals surface area contributed by atoms with Crippen molar-refractivity contribution in [2.75, 3.05) is 0 Å². The molecule has 0 amide bonds. The average Bonchev–Trinajstić information content (AvgIpc) is 2.45. The minimum atomic E-state index is -4.52. The third-order valence-electron chi connectivity index (χ3n) is 2.86. The first-order valence-electron chi connectivity index (χ1n) is 6.06. The van der Waals surface area contributed by atoms with E-state index in [9.17, 15) is 18.3 Å². The standard InChI is InChI=1S/C16H13F3O/c17-16(18,19)14(12-7-3-1-4-8-12)11-15(20)13-9-5-2-6-10-13/h1-11,15,20H/b14-11-. The van der Waals surface area contributed by atoms with Crippen LogP contribution in [-0.2, 0) is 0 Å². The lowest BCUT2D eigenvalue weighted by Gasteiger charge is -2.14. The van der Waals surface area contributed by atoms with Crippen molar-refractivity contribution in [3.63, 3.8) is 0 Å². The second-order valence-electron chi connectivity index (χ2n) is 4.30. The zero-order chi connectivity index (χ0) is 14.6. The molecule has 104 valence electrons. The summed E-state index contributed by atoms with van der Waals surface area (Å²) in [4.78, 5) is 0. The Morgan fingerprint density at radius 3 is 1.90 bits per heavy atom. The molecule has 0 saturated carbocycles. The fourth-order valence-electron chi connectivity index (χ4n) is 1.88. The molecule has 0 radical (unpaired) electrons. The van der Waals surface area contributed by atoms with Crippen molar-refractivity contribution in [1.82, 2.24) is 0 Å². The topological polar surface area (TPSA) is 20.2 Å². The second kappa shape index (κ2) is 5.92. The number of halogens is 3. The van der Waals surface area contributed by atoms with E-state index in [0.717, 1.165) is 6.08 Å². The third kappa shape index (κ3) is 3.48. The van der Waals surface area contributed by atoms with Crippen LogP contribution in [0, 0.1) is 0 Å². The van der Waals surface area contributed by atoms with Gasteiger partial charge in [0.2, 0.25) is 0 Å². The predicted octanol–water partition coefficient (Wildman–Crippen LogP) is 4.37. The molecule has 0 aromatic heterocycles. The Balaban J connectivity index is 2.40. The van der Waals surface area contributed by atoms with Gasteiger partial charge in [-0.3, -0.25) is 0 Å². The minimum Gasteiger partial charge on any atom is -0.384 e. The van der Waals surface area contributed by atoms with Crippen molar-refractivity contribution in [3.05, 3.63) is 77.9 Å². The Kier molecular flexibility index (Phi) is 4.25. The Labute approximate surface area is 115 Å². The molecular formula is C16H13F3O. The normalized spacial score (nSPS) is 14.1. The first kappa shape index (κ1) is 14.3. The van der Waals surface area contributed by atoms with E-state index in [1.54, 1.807) is 36.4 Å². The summed E-state index contributed by atoms with van der Waals surface area (Å²) in [6, 6.07) is 15.7. The van der Waals surface area contributed by atoms with Crippen LogP contribution in [0.3, 0.4) is 0 Å². The maximum absolute atomic E-state index is 13.1. The molecule has 0 aliphatic heterocycles. The maximum atomic E-state index is 13.1. The van der Waals surface area contributed by atoms with Gasteiger partial charge in [-0.25, -0.2) is 0 Å². The largest absolute Gasteiger partial charge is 0.416 e. The molecule has 2 aromatic carbocycles. The highest BCUT2D eigenvalue weighted by Gasteiger charge is 2.35. The van der Waals surface area contributed by atoms with Crippen molar-refractivity contribution >= 4 is 5.57 Å². The Hall–Kier alpha value is -2.07. The molecule has 1 unspecified atom stereocenters. The van der Waals surface area contributed by atoms with Crippen LogP contribution in [0.5, 0.6) is 0 Å². The Morgan fingerprint density at radius 2 is 1.40 bits per heavy atom. The van der Waals surface area contributed by atoms with E-state index >= 15 is 0 Å².